The third-order valence-corrected chi connectivity index (χ3v) is 4.62. The summed E-state index contributed by atoms with van der Waals surface area (Å²) in [6, 6.07) is 6.53. The Bertz CT molecular complexity index is 579. The molecule has 4 nitrogen and oxygen atoms in total. The molecule has 0 aromatic heterocycles. The summed E-state index contributed by atoms with van der Waals surface area (Å²) < 4.78 is 29.1. The van der Waals surface area contributed by atoms with Crippen LogP contribution in [0.4, 0.5) is 0 Å². The van der Waals surface area contributed by atoms with Crippen LogP contribution in [0.5, 0.6) is 0 Å². The lowest BCUT2D eigenvalue weighted by atomic mass is 10.2. The van der Waals surface area contributed by atoms with Crippen molar-refractivity contribution in [2.45, 2.75) is 18.2 Å². The summed E-state index contributed by atoms with van der Waals surface area (Å²) in [6.45, 7) is 1.98. The number of hydrogen-bond donors (Lipinski definition) is 0. The monoisotopic (exact) mass is 316 g/mol. The zero-order chi connectivity index (χ0) is 15.0. The predicted octanol–water partition coefficient (Wildman–Crippen LogP) is 2.67. The molecular weight excluding hydrogens is 300 g/mol. The second-order valence-electron chi connectivity index (χ2n) is 3.98. The van der Waals surface area contributed by atoms with Gasteiger partial charge in [0.05, 0.1) is 17.3 Å². The van der Waals surface area contributed by atoms with E-state index in [0.717, 1.165) is 0 Å². The molecule has 6 heteroatoms. The number of halogens is 1. The van der Waals surface area contributed by atoms with E-state index in [1.54, 1.807) is 25.1 Å². The van der Waals surface area contributed by atoms with Crippen molar-refractivity contribution in [2.75, 3.05) is 18.2 Å². The number of benzene rings is 1. The van der Waals surface area contributed by atoms with Crippen molar-refractivity contribution in [3.8, 4) is 0 Å². The molecule has 0 saturated heterocycles. The third kappa shape index (κ3) is 4.98. The number of hydrogen-bond acceptors (Lipinski definition) is 4. The fraction of sp³-hybridized carbons (Fsp3) is 0.357. The van der Waals surface area contributed by atoms with Crippen molar-refractivity contribution in [3.05, 3.63) is 35.9 Å². The first kappa shape index (κ1) is 16.7. The van der Waals surface area contributed by atoms with Crippen LogP contribution >= 0.6 is 11.6 Å². The van der Waals surface area contributed by atoms with Gasteiger partial charge in [0, 0.05) is 12.0 Å². The molecule has 0 radical (unpaired) electrons. The molecule has 0 bridgehead atoms. The zero-order valence-electron chi connectivity index (χ0n) is 11.2. The molecule has 1 aromatic carbocycles. The first-order valence-corrected chi connectivity index (χ1v) is 8.42. The lowest BCUT2D eigenvalue weighted by Gasteiger charge is -2.07. The van der Waals surface area contributed by atoms with Crippen molar-refractivity contribution < 1.29 is 17.9 Å². The third-order valence-electron chi connectivity index (χ3n) is 2.49. The number of sulfone groups is 1. The molecule has 0 unspecified atom stereocenters. The smallest absolute Gasteiger partial charge is 0.330 e. The first-order valence-electron chi connectivity index (χ1n) is 6.24. The molecule has 0 N–H and O–H groups in total. The highest BCUT2D eigenvalue weighted by Crippen LogP contribution is 2.19. The molecule has 0 heterocycles. The minimum atomic E-state index is -3.40. The Morgan fingerprint density at radius 2 is 2.05 bits per heavy atom. The van der Waals surface area contributed by atoms with Crippen molar-refractivity contribution in [3.63, 3.8) is 0 Å². The fourth-order valence-corrected chi connectivity index (χ4v) is 3.42. The summed E-state index contributed by atoms with van der Waals surface area (Å²) in [6.07, 6.45) is 3.06. The lowest BCUT2D eigenvalue weighted by Crippen LogP contribution is -2.09. The van der Waals surface area contributed by atoms with Crippen molar-refractivity contribution in [2.24, 2.45) is 0 Å². The van der Waals surface area contributed by atoms with Gasteiger partial charge in [0.25, 0.3) is 0 Å². The molecular formula is C14H17ClO4S. The van der Waals surface area contributed by atoms with Gasteiger partial charge in [0.2, 0.25) is 0 Å². The Morgan fingerprint density at radius 3 is 2.70 bits per heavy atom. The van der Waals surface area contributed by atoms with Crippen LogP contribution in [0.2, 0.25) is 0 Å². The van der Waals surface area contributed by atoms with Crippen LogP contribution in [-0.2, 0) is 19.4 Å². The van der Waals surface area contributed by atoms with Gasteiger partial charge in [0.1, 0.15) is 0 Å². The molecule has 0 atom stereocenters. The normalized spacial score (nSPS) is 11.7. The number of rotatable bonds is 7. The van der Waals surface area contributed by atoms with E-state index in [9.17, 15) is 13.2 Å². The highest BCUT2D eigenvalue weighted by Gasteiger charge is 2.16. The van der Waals surface area contributed by atoms with E-state index < -0.39 is 15.8 Å². The van der Waals surface area contributed by atoms with E-state index in [-0.39, 0.29) is 17.3 Å². The predicted molar refractivity (Wildman–Crippen MR) is 79.5 cm³/mol. The maximum Gasteiger partial charge on any atom is 0.330 e. The van der Waals surface area contributed by atoms with Gasteiger partial charge in [-0.3, -0.25) is 0 Å². The number of carbonyl (C=O) groups is 1. The second kappa shape index (κ2) is 8.07. The minimum Gasteiger partial charge on any atom is -0.463 e. The number of alkyl halides is 1. The Labute approximate surface area is 124 Å². The molecule has 0 spiro atoms. The Balaban J connectivity index is 3.02. The largest absolute Gasteiger partial charge is 0.463 e. The SMILES string of the molecule is CCOC(=O)/C=C/c1ccccc1S(=O)(=O)CCCCl. The summed E-state index contributed by atoms with van der Waals surface area (Å²) >= 11 is 5.53. The highest BCUT2D eigenvalue weighted by molar-refractivity contribution is 7.91. The van der Waals surface area contributed by atoms with Gasteiger partial charge in [-0.2, -0.15) is 0 Å². The average molecular weight is 317 g/mol. The Kier molecular flexibility index (Phi) is 6.75. The number of ether oxygens (including phenoxy) is 1. The van der Waals surface area contributed by atoms with Crippen LogP contribution < -0.4 is 0 Å². The molecule has 110 valence electrons. The van der Waals surface area contributed by atoms with Crippen LogP contribution in [0, 0.1) is 0 Å². The van der Waals surface area contributed by atoms with Gasteiger partial charge >= 0.3 is 5.97 Å². The summed E-state index contributed by atoms with van der Waals surface area (Å²) in [5.41, 5.74) is 0.468. The maximum absolute atomic E-state index is 12.2. The average Bonchev–Trinajstić information content (AvgIpc) is 2.43. The van der Waals surface area contributed by atoms with E-state index >= 15 is 0 Å². The summed E-state index contributed by atoms with van der Waals surface area (Å²) in [7, 11) is -3.40. The second-order valence-corrected chi connectivity index (χ2v) is 6.44. The lowest BCUT2D eigenvalue weighted by molar-refractivity contribution is -0.137. The van der Waals surface area contributed by atoms with Crippen LogP contribution in [0.3, 0.4) is 0 Å². The van der Waals surface area contributed by atoms with Crippen molar-refractivity contribution >= 4 is 33.5 Å². The van der Waals surface area contributed by atoms with Crippen LogP contribution in [0.15, 0.2) is 35.2 Å². The van der Waals surface area contributed by atoms with Gasteiger partial charge in [0.15, 0.2) is 9.84 Å². The molecule has 1 rings (SSSR count). The van der Waals surface area contributed by atoms with E-state index in [2.05, 4.69) is 0 Å². The summed E-state index contributed by atoms with van der Waals surface area (Å²) in [4.78, 5) is 11.5. The number of esters is 1. The fourth-order valence-electron chi connectivity index (χ4n) is 1.60. The van der Waals surface area contributed by atoms with Crippen LogP contribution in [0.25, 0.3) is 6.08 Å². The van der Waals surface area contributed by atoms with E-state index in [4.69, 9.17) is 16.3 Å². The van der Waals surface area contributed by atoms with E-state index in [0.29, 0.717) is 17.9 Å². The van der Waals surface area contributed by atoms with Gasteiger partial charge in [-0.1, -0.05) is 18.2 Å². The molecule has 0 aliphatic carbocycles. The number of carbonyl (C=O) groups excluding carboxylic acids is 1. The standard InChI is InChI=1S/C14H17ClO4S/c1-2-19-14(16)9-8-12-6-3-4-7-13(12)20(17,18)11-5-10-15/h3-4,6-9H,2,5,10-11H2,1H3/b9-8+. The molecule has 1 aromatic rings. The molecule has 0 aliphatic heterocycles. The van der Waals surface area contributed by atoms with Crippen LogP contribution in [0.1, 0.15) is 18.9 Å². The molecule has 20 heavy (non-hydrogen) atoms. The highest BCUT2D eigenvalue weighted by atomic mass is 35.5. The Hall–Kier alpha value is -1.33. The van der Waals surface area contributed by atoms with E-state index in [1.807, 2.05) is 0 Å². The topological polar surface area (TPSA) is 60.4 Å². The summed E-state index contributed by atoms with van der Waals surface area (Å²) in [5, 5.41) is 0. The van der Waals surface area contributed by atoms with Gasteiger partial charge in [-0.25, -0.2) is 13.2 Å². The Morgan fingerprint density at radius 1 is 1.35 bits per heavy atom. The quantitative estimate of drug-likeness (QED) is 0.441. The molecule has 0 amide bonds. The zero-order valence-corrected chi connectivity index (χ0v) is 12.8. The first-order chi connectivity index (χ1) is 9.51. The summed E-state index contributed by atoms with van der Waals surface area (Å²) in [5.74, 6) is -0.221. The molecule has 0 aliphatic rings. The van der Waals surface area contributed by atoms with Crippen molar-refractivity contribution in [1.29, 1.82) is 0 Å². The van der Waals surface area contributed by atoms with Crippen LogP contribution in [-0.4, -0.2) is 32.6 Å². The molecule has 0 saturated carbocycles. The minimum absolute atomic E-state index is 0.0131. The van der Waals surface area contributed by atoms with Gasteiger partial charge < -0.3 is 4.74 Å². The van der Waals surface area contributed by atoms with E-state index in [1.165, 1.54) is 18.2 Å². The van der Waals surface area contributed by atoms with Gasteiger partial charge in [-0.15, -0.1) is 11.6 Å². The van der Waals surface area contributed by atoms with Gasteiger partial charge in [-0.05, 0) is 31.1 Å². The molecule has 0 fully saturated rings. The van der Waals surface area contributed by atoms with Crippen molar-refractivity contribution in [1.82, 2.24) is 0 Å². The maximum atomic E-state index is 12.2.